The maximum Gasteiger partial charge on any atom is 0.285 e. The molecule has 0 bridgehead atoms. The molecule has 1 N–H and O–H groups in total. The van der Waals surface area contributed by atoms with Crippen molar-refractivity contribution in [3.8, 4) is 5.75 Å². The Morgan fingerprint density at radius 3 is 2.70 bits per heavy atom. The van der Waals surface area contributed by atoms with E-state index in [-0.39, 0.29) is 35.2 Å². The monoisotopic (exact) mass is 627 g/mol. The van der Waals surface area contributed by atoms with Gasteiger partial charge in [0.2, 0.25) is 11.8 Å². The predicted octanol–water partition coefficient (Wildman–Crippen LogP) is 2.60. The molecule has 7 rings (SSSR count). The minimum Gasteiger partial charge on any atom is -0.492 e. The Labute approximate surface area is 251 Å². The number of likely N-dealkylation sites (tertiary alicyclic amines) is 1. The number of hydrogen-bond acceptors (Lipinski definition) is 8. The Morgan fingerprint density at radius 2 is 1.93 bits per heavy atom. The van der Waals surface area contributed by atoms with E-state index in [9.17, 15) is 27.2 Å². The number of aromatic nitrogens is 2. The van der Waals surface area contributed by atoms with Gasteiger partial charge in [0.15, 0.2) is 5.82 Å². The van der Waals surface area contributed by atoms with E-state index in [2.05, 4.69) is 15.3 Å². The number of rotatable bonds is 5. The van der Waals surface area contributed by atoms with Gasteiger partial charge in [-0.2, -0.15) is 17.6 Å². The lowest BCUT2D eigenvalue weighted by Gasteiger charge is -2.38. The van der Waals surface area contributed by atoms with Crippen molar-refractivity contribution in [3.05, 3.63) is 75.8 Å². The number of nitrogens with zero attached hydrogens (tertiary/aromatic N) is 4. The van der Waals surface area contributed by atoms with Gasteiger partial charge in [0, 0.05) is 46.8 Å². The molecule has 1 spiro atoms. The van der Waals surface area contributed by atoms with Gasteiger partial charge in [0.05, 0.1) is 24.4 Å². The molecule has 11 nitrogen and oxygen atoms in total. The Bertz CT molecular complexity index is 1800. The van der Waals surface area contributed by atoms with E-state index in [0.29, 0.717) is 36.4 Å². The zero-order valence-corrected chi connectivity index (χ0v) is 24.5. The van der Waals surface area contributed by atoms with E-state index in [1.54, 1.807) is 0 Å². The first-order chi connectivity index (χ1) is 20.6. The molecule has 0 aliphatic carbocycles. The van der Waals surface area contributed by atoms with Crippen molar-refractivity contribution in [1.29, 1.82) is 0 Å². The van der Waals surface area contributed by atoms with Gasteiger partial charge in [-0.15, -0.1) is 0 Å². The first-order valence-electron chi connectivity index (χ1n) is 14.0. The Balaban J connectivity index is 1.04. The molecule has 14 heteroatoms. The summed E-state index contributed by atoms with van der Waals surface area (Å²) >= 11 is 5.78. The third-order valence-corrected chi connectivity index (χ3v) is 10.9. The first kappa shape index (κ1) is 28.0. The van der Waals surface area contributed by atoms with Crippen molar-refractivity contribution in [3.63, 3.8) is 0 Å². The summed E-state index contributed by atoms with van der Waals surface area (Å²) in [4.78, 5) is 40.5. The number of carbonyl (C=O) groups is 3. The second-order valence-corrected chi connectivity index (χ2v) is 13.7. The summed E-state index contributed by atoms with van der Waals surface area (Å²) < 4.78 is 47.3. The smallest absolute Gasteiger partial charge is 0.285 e. The summed E-state index contributed by atoms with van der Waals surface area (Å²) in [6, 6.07) is 6.91. The van der Waals surface area contributed by atoms with Crippen molar-refractivity contribution in [1.82, 2.24) is 24.3 Å². The van der Waals surface area contributed by atoms with Gasteiger partial charge in [-0.3, -0.25) is 24.6 Å². The number of carbonyl (C=O) groups excluding carboxylic acids is 3. The summed E-state index contributed by atoms with van der Waals surface area (Å²) in [6.45, 7) is 2.67. The molecule has 1 atom stereocenters. The van der Waals surface area contributed by atoms with Gasteiger partial charge in [0.25, 0.3) is 15.9 Å². The van der Waals surface area contributed by atoms with Crippen molar-refractivity contribution >= 4 is 39.3 Å². The van der Waals surface area contributed by atoms with Gasteiger partial charge < -0.3 is 9.64 Å². The quantitative estimate of drug-likeness (QED) is 0.427. The van der Waals surface area contributed by atoms with Crippen LogP contribution in [-0.4, -0.2) is 70.9 Å². The van der Waals surface area contributed by atoms with Crippen LogP contribution in [0.3, 0.4) is 0 Å². The summed E-state index contributed by atoms with van der Waals surface area (Å²) in [7, 11) is -4.24. The van der Waals surface area contributed by atoms with Gasteiger partial charge in [-0.25, -0.2) is 4.39 Å². The van der Waals surface area contributed by atoms with Crippen LogP contribution in [0.2, 0.25) is 5.02 Å². The third kappa shape index (κ3) is 4.52. The van der Waals surface area contributed by atoms with Crippen LogP contribution in [-0.2, 0) is 38.1 Å². The Hall–Kier alpha value is -3.81. The van der Waals surface area contributed by atoms with Crippen LogP contribution in [0.4, 0.5) is 4.39 Å². The van der Waals surface area contributed by atoms with Gasteiger partial charge >= 0.3 is 0 Å². The fourth-order valence-corrected chi connectivity index (χ4v) is 8.10. The average molecular weight is 628 g/mol. The maximum absolute atomic E-state index is 14.4. The SMILES string of the molecule is O=C1CCC(N2Cc3c(ccc4c3OCC43CCN(Cc4cnn(S(=O)(=O)c5cccc(Cl)c5F)c4)CC3)C2=O)C(=O)N1. The molecule has 224 valence electrons. The highest BCUT2D eigenvalue weighted by atomic mass is 35.5. The Kier molecular flexibility index (Phi) is 6.60. The zero-order chi connectivity index (χ0) is 30.1. The van der Waals surface area contributed by atoms with Crippen LogP contribution in [0, 0.1) is 5.82 Å². The molecule has 2 saturated heterocycles. The number of piperidine rings is 2. The van der Waals surface area contributed by atoms with E-state index in [1.165, 1.54) is 29.4 Å². The second kappa shape index (κ2) is 10.1. The molecule has 3 aromatic rings. The summed E-state index contributed by atoms with van der Waals surface area (Å²) in [5.41, 5.74) is 2.84. The number of ether oxygens (including phenoxy) is 1. The van der Waals surface area contributed by atoms with Crippen molar-refractivity contribution in [2.75, 3.05) is 19.7 Å². The maximum atomic E-state index is 14.4. The highest BCUT2D eigenvalue weighted by molar-refractivity contribution is 7.89. The number of benzene rings is 2. The van der Waals surface area contributed by atoms with Crippen LogP contribution >= 0.6 is 11.6 Å². The minimum atomic E-state index is -4.24. The molecule has 4 aliphatic rings. The summed E-state index contributed by atoms with van der Waals surface area (Å²) in [5, 5.41) is 6.04. The fraction of sp³-hybridized carbons (Fsp3) is 0.379. The largest absolute Gasteiger partial charge is 0.492 e. The number of imide groups is 1. The molecule has 0 saturated carbocycles. The van der Waals surface area contributed by atoms with E-state index >= 15 is 0 Å². The first-order valence-corrected chi connectivity index (χ1v) is 15.8. The van der Waals surface area contributed by atoms with Crippen LogP contribution in [0.1, 0.15) is 52.7 Å². The van der Waals surface area contributed by atoms with Gasteiger partial charge in [-0.05, 0) is 50.6 Å². The van der Waals surface area contributed by atoms with Crippen LogP contribution < -0.4 is 10.1 Å². The lowest BCUT2D eigenvalue weighted by Crippen LogP contribution is -2.52. The van der Waals surface area contributed by atoms with Gasteiger partial charge in [-0.1, -0.05) is 23.7 Å². The third-order valence-electron chi connectivity index (χ3n) is 9.00. The highest BCUT2D eigenvalue weighted by Gasteiger charge is 2.47. The average Bonchev–Trinajstić information content (AvgIpc) is 3.69. The molecule has 2 aromatic carbocycles. The summed E-state index contributed by atoms with van der Waals surface area (Å²) in [5.74, 6) is -1.30. The van der Waals surface area contributed by atoms with E-state index in [1.807, 2.05) is 12.1 Å². The number of fused-ring (bicyclic) bond motifs is 4. The van der Waals surface area contributed by atoms with E-state index < -0.39 is 32.7 Å². The molecule has 2 fully saturated rings. The molecule has 5 heterocycles. The summed E-state index contributed by atoms with van der Waals surface area (Å²) in [6.07, 6.45) is 4.94. The molecule has 43 heavy (non-hydrogen) atoms. The highest BCUT2D eigenvalue weighted by Crippen LogP contribution is 2.49. The number of amides is 3. The number of halogens is 2. The van der Waals surface area contributed by atoms with Crippen molar-refractivity contribution in [2.24, 2.45) is 0 Å². The second-order valence-electron chi connectivity index (χ2n) is 11.5. The molecular formula is C29H27ClFN5O6S. The van der Waals surface area contributed by atoms with E-state index in [4.69, 9.17) is 16.3 Å². The lowest BCUT2D eigenvalue weighted by atomic mass is 9.74. The molecule has 1 unspecified atom stereocenters. The van der Waals surface area contributed by atoms with Crippen LogP contribution in [0.15, 0.2) is 47.6 Å². The Morgan fingerprint density at radius 1 is 1.14 bits per heavy atom. The number of hydrogen-bond donors (Lipinski definition) is 1. The fourth-order valence-electron chi connectivity index (χ4n) is 6.63. The van der Waals surface area contributed by atoms with Crippen molar-refractivity contribution < 1.29 is 31.9 Å². The topological polar surface area (TPSA) is 131 Å². The minimum absolute atomic E-state index is 0.196. The van der Waals surface area contributed by atoms with E-state index in [0.717, 1.165) is 47.2 Å². The normalized spacial score (nSPS) is 21.6. The van der Waals surface area contributed by atoms with Crippen LogP contribution in [0.5, 0.6) is 5.75 Å². The standard InChI is InChI=1S/C29H27ClFN5O6S/c30-21-2-1-3-23(25(21)31)43(40,41)36-14-17(12-32-36)13-34-10-8-29(9-11-34)16-42-26-19-15-35(22-6-7-24(37)33-27(22)38)28(39)18(19)4-5-20(26)29/h1-5,12,14,22H,6-11,13,15-16H2,(H,33,37,38). The number of nitrogens with one attached hydrogen (secondary N) is 1. The molecule has 4 aliphatic heterocycles. The molecule has 1 aromatic heterocycles. The van der Waals surface area contributed by atoms with Crippen LogP contribution in [0.25, 0.3) is 0 Å². The lowest BCUT2D eigenvalue weighted by molar-refractivity contribution is -0.136. The molecule has 3 amide bonds. The predicted molar refractivity (Wildman–Crippen MR) is 150 cm³/mol. The van der Waals surface area contributed by atoms with Crippen molar-refractivity contribution in [2.45, 2.75) is 55.1 Å². The molecule has 0 radical (unpaired) electrons. The zero-order valence-electron chi connectivity index (χ0n) is 22.9. The molecular weight excluding hydrogens is 601 g/mol. The van der Waals surface area contributed by atoms with Gasteiger partial charge in [0.1, 0.15) is 16.7 Å².